The molecule has 2 heterocycles. The van der Waals surface area contributed by atoms with Crippen molar-refractivity contribution in [3.63, 3.8) is 0 Å². The lowest BCUT2D eigenvalue weighted by Gasteiger charge is -2.50. The number of rotatable bonds is 13. The van der Waals surface area contributed by atoms with Gasteiger partial charge in [-0.3, -0.25) is 14.5 Å². The zero-order chi connectivity index (χ0) is 42.4. The van der Waals surface area contributed by atoms with E-state index in [2.05, 4.69) is 20.3 Å². The van der Waals surface area contributed by atoms with Crippen LogP contribution in [-0.2, 0) is 42.1 Å². The van der Waals surface area contributed by atoms with Gasteiger partial charge in [-0.2, -0.15) is 4.72 Å². The number of ether oxygens (including phenoxy) is 2. The molecule has 0 spiro atoms. The van der Waals surface area contributed by atoms with Gasteiger partial charge in [-0.15, -0.1) is 0 Å². The minimum absolute atomic E-state index is 0.0514. The zero-order valence-electron chi connectivity index (χ0n) is 35.2. The van der Waals surface area contributed by atoms with Crippen LogP contribution in [0.25, 0.3) is 0 Å². The molecule has 3 aliphatic rings. The lowest BCUT2D eigenvalue weighted by molar-refractivity contribution is -0.255. The number of aliphatic hydroxyl groups excluding tert-OH is 1. The first-order valence-corrected chi connectivity index (χ1v) is 22.8. The number of aryl methyl sites for hydroxylation is 1. The highest BCUT2D eigenvalue weighted by molar-refractivity contribution is 7.89. The Balaban J connectivity index is 1.11. The average molecular weight is 837 g/mol. The molecule has 0 radical (unpaired) electrons. The highest BCUT2D eigenvalue weighted by Gasteiger charge is 2.44. The third kappa shape index (κ3) is 11.1. The molecular formula is C48H60N4O7S. The molecule has 4 aromatic carbocycles. The smallest absolute Gasteiger partial charge is 0.242 e. The summed E-state index contributed by atoms with van der Waals surface area (Å²) in [5.74, 6) is 0.132. The van der Waals surface area contributed by atoms with E-state index >= 15 is 0 Å². The summed E-state index contributed by atoms with van der Waals surface area (Å²) >= 11 is 0. The Morgan fingerprint density at radius 2 is 1.50 bits per heavy atom. The second-order valence-corrected chi connectivity index (χ2v) is 19.5. The van der Waals surface area contributed by atoms with Gasteiger partial charge >= 0.3 is 0 Å². The molecule has 7 atom stereocenters. The van der Waals surface area contributed by atoms with Gasteiger partial charge in [-0.25, -0.2) is 8.42 Å². The number of sulfonamides is 1. The monoisotopic (exact) mass is 836 g/mol. The summed E-state index contributed by atoms with van der Waals surface area (Å²) in [6.07, 6.45) is 5.92. The summed E-state index contributed by atoms with van der Waals surface area (Å²) in [5.41, 5.74) is 4.43. The van der Waals surface area contributed by atoms with E-state index < -0.39 is 28.3 Å². The van der Waals surface area contributed by atoms with Crippen molar-refractivity contribution in [3.8, 4) is 0 Å². The van der Waals surface area contributed by atoms with E-state index in [1.165, 1.54) is 25.0 Å². The number of benzene rings is 4. The minimum atomic E-state index is -4.01. The van der Waals surface area contributed by atoms with Crippen LogP contribution in [0.15, 0.2) is 108 Å². The summed E-state index contributed by atoms with van der Waals surface area (Å²) < 4.78 is 43.0. The molecule has 0 aromatic heterocycles. The fourth-order valence-electron chi connectivity index (χ4n) is 8.96. The highest BCUT2D eigenvalue weighted by atomic mass is 32.2. The van der Waals surface area contributed by atoms with Gasteiger partial charge in [-0.05, 0) is 107 Å². The lowest BCUT2D eigenvalue weighted by atomic mass is 9.75. The van der Waals surface area contributed by atoms with Gasteiger partial charge in [0, 0.05) is 35.8 Å². The summed E-state index contributed by atoms with van der Waals surface area (Å²) in [5, 5.41) is 15.9. The molecule has 2 aliphatic heterocycles. The average Bonchev–Trinajstić information content (AvgIpc) is 3.23. The topological polar surface area (TPSA) is 146 Å². The van der Waals surface area contributed by atoms with Crippen LogP contribution >= 0.6 is 0 Å². The van der Waals surface area contributed by atoms with Crippen LogP contribution in [0, 0.1) is 12.8 Å². The van der Waals surface area contributed by atoms with Crippen LogP contribution in [-0.4, -0.2) is 66.6 Å². The van der Waals surface area contributed by atoms with Crippen LogP contribution < -0.4 is 15.4 Å². The number of hydrogen-bond donors (Lipinski definition) is 4. The number of amides is 2. The van der Waals surface area contributed by atoms with E-state index in [1.54, 1.807) is 24.3 Å². The molecule has 60 heavy (non-hydrogen) atoms. The van der Waals surface area contributed by atoms with Gasteiger partial charge in [0.2, 0.25) is 21.8 Å². The number of aliphatic hydroxyl groups is 1. The lowest BCUT2D eigenvalue weighted by Crippen LogP contribution is -2.61. The number of carbonyl (C=O) groups excluding carboxylic acids is 2. The van der Waals surface area contributed by atoms with Crippen molar-refractivity contribution in [3.05, 3.63) is 131 Å². The number of carbonyl (C=O) groups is 2. The van der Waals surface area contributed by atoms with Crippen molar-refractivity contribution in [1.29, 1.82) is 0 Å². The van der Waals surface area contributed by atoms with Crippen LogP contribution in [0.4, 0.5) is 5.69 Å². The van der Waals surface area contributed by atoms with Crippen LogP contribution in [0.3, 0.4) is 0 Å². The molecule has 0 bridgehead atoms. The Morgan fingerprint density at radius 1 is 0.817 bits per heavy atom. The molecule has 11 nitrogen and oxygen atoms in total. The van der Waals surface area contributed by atoms with Gasteiger partial charge < -0.3 is 25.2 Å². The maximum Gasteiger partial charge on any atom is 0.242 e. The first-order chi connectivity index (χ1) is 28.7. The van der Waals surface area contributed by atoms with Crippen molar-refractivity contribution in [1.82, 2.24) is 14.9 Å². The number of piperidine rings is 1. The molecule has 4 N–H and O–H groups in total. The largest absolute Gasteiger partial charge is 0.392 e. The second kappa shape index (κ2) is 19.1. The minimum Gasteiger partial charge on any atom is -0.392 e. The zero-order valence-corrected chi connectivity index (χ0v) is 36.0. The Kier molecular flexibility index (Phi) is 13.9. The predicted molar refractivity (Wildman–Crippen MR) is 232 cm³/mol. The SMILES string of the molecule is Cc1ccc(S(=O)(=O)N[C@H](Cc2ccccc2)C(=O)Nc2ccc([C@@H]3O[C@H](CN4[C@@H](C(=O)NC(C)(C)C)CC[C@H]5CCCC[C@H]54)C[C@H](c4ccc(CO)cc4)O3)cc2)cc1. The van der Waals surface area contributed by atoms with Gasteiger partial charge in [-0.1, -0.05) is 97.3 Å². The van der Waals surface area contributed by atoms with E-state index in [-0.39, 0.29) is 47.6 Å². The fraction of sp³-hybridized carbons (Fsp3) is 0.458. The van der Waals surface area contributed by atoms with Gasteiger partial charge in [0.15, 0.2) is 6.29 Å². The number of anilines is 1. The normalized spacial score (nSPS) is 24.2. The van der Waals surface area contributed by atoms with Crippen molar-refractivity contribution in [2.24, 2.45) is 5.92 Å². The third-order valence-corrected chi connectivity index (χ3v) is 13.5. The Labute approximate surface area is 355 Å². The Morgan fingerprint density at radius 3 is 2.18 bits per heavy atom. The van der Waals surface area contributed by atoms with Crippen molar-refractivity contribution < 1.29 is 32.6 Å². The molecule has 1 aliphatic carbocycles. The predicted octanol–water partition coefficient (Wildman–Crippen LogP) is 7.50. The van der Waals surface area contributed by atoms with Crippen LogP contribution in [0.5, 0.6) is 0 Å². The third-order valence-electron chi connectivity index (χ3n) is 12.0. The summed E-state index contributed by atoms with van der Waals surface area (Å²) in [7, 11) is -4.01. The number of nitrogens with one attached hydrogen (secondary N) is 3. The number of fused-ring (bicyclic) bond motifs is 1. The number of hydrogen-bond acceptors (Lipinski definition) is 8. The van der Waals surface area contributed by atoms with Gasteiger partial charge in [0.1, 0.15) is 6.04 Å². The molecule has 0 unspecified atom stereocenters. The molecule has 3 fully saturated rings. The molecule has 12 heteroatoms. The van der Waals surface area contributed by atoms with E-state index in [0.717, 1.165) is 53.5 Å². The standard InChI is InChI=1S/C48H60N4O7S/c1-32-14-25-40(26-15-32)60(56,57)51-41(28-33-10-6-5-7-11-33)45(54)49-38-23-20-37(21-24-38)47-58-39(29-44(59-47)36-18-16-34(31-53)17-19-36)30-52-42-13-9-8-12-35(42)22-27-43(52)46(55)50-48(2,3)4/h5-7,10-11,14-21,23-26,35,39,41-44,47,51,53H,8-9,12-13,22,27-31H2,1-4H3,(H,49,54)(H,50,55)/t35-,39+,41-,42-,43-,44-,47-/m1/s1. The van der Waals surface area contributed by atoms with E-state index in [0.29, 0.717) is 30.6 Å². The Hall–Kier alpha value is -4.43. The van der Waals surface area contributed by atoms with E-state index in [1.807, 2.05) is 94.4 Å². The first kappa shape index (κ1) is 43.7. The molecule has 4 aromatic rings. The maximum absolute atomic E-state index is 13.9. The molecule has 1 saturated carbocycles. The maximum atomic E-state index is 13.9. The second-order valence-electron chi connectivity index (χ2n) is 17.8. The highest BCUT2D eigenvalue weighted by Crippen LogP contribution is 2.42. The van der Waals surface area contributed by atoms with E-state index in [4.69, 9.17) is 9.47 Å². The van der Waals surface area contributed by atoms with Crippen molar-refractivity contribution in [2.75, 3.05) is 11.9 Å². The van der Waals surface area contributed by atoms with Gasteiger partial charge in [0.25, 0.3) is 0 Å². The molecule has 2 saturated heterocycles. The molecule has 2 amide bonds. The number of nitrogens with zero attached hydrogens (tertiary/aromatic N) is 1. The van der Waals surface area contributed by atoms with Gasteiger partial charge in [0.05, 0.1) is 29.8 Å². The van der Waals surface area contributed by atoms with Crippen molar-refractivity contribution in [2.45, 2.75) is 133 Å². The molecular weight excluding hydrogens is 777 g/mol. The summed E-state index contributed by atoms with van der Waals surface area (Å²) in [6, 6.07) is 29.8. The summed E-state index contributed by atoms with van der Waals surface area (Å²) in [6.45, 7) is 8.48. The summed E-state index contributed by atoms with van der Waals surface area (Å²) in [4.78, 5) is 30.2. The molecule has 7 rings (SSSR count). The van der Waals surface area contributed by atoms with Crippen LogP contribution in [0.2, 0.25) is 0 Å². The molecule has 320 valence electrons. The fourth-order valence-corrected chi connectivity index (χ4v) is 10.2. The first-order valence-electron chi connectivity index (χ1n) is 21.4. The van der Waals surface area contributed by atoms with E-state index in [9.17, 15) is 23.1 Å². The van der Waals surface area contributed by atoms with Crippen molar-refractivity contribution >= 4 is 27.5 Å². The van der Waals surface area contributed by atoms with Crippen LogP contribution in [0.1, 0.15) is 106 Å². The quantitative estimate of drug-likeness (QED) is 0.108. The Bertz CT molecular complexity index is 2160. The number of likely N-dealkylation sites (tertiary alicyclic amines) is 1.